The molecule has 1 aromatic heterocycles. The molecule has 6 heteroatoms. The molecule has 27 heavy (non-hydrogen) atoms. The number of ether oxygens (including phenoxy) is 1. The predicted molar refractivity (Wildman–Crippen MR) is 99.9 cm³/mol. The molecule has 3 rings (SSSR count). The Labute approximate surface area is 157 Å². The Hall–Kier alpha value is -3.15. The van der Waals surface area contributed by atoms with E-state index in [1.807, 2.05) is 6.92 Å². The second kappa shape index (κ2) is 8.49. The quantitative estimate of drug-likeness (QED) is 0.614. The molecule has 0 bridgehead atoms. The van der Waals surface area contributed by atoms with Crippen LogP contribution in [0.4, 0.5) is 4.39 Å². The molecule has 0 aliphatic heterocycles. The second-order valence-corrected chi connectivity index (χ2v) is 6.14. The van der Waals surface area contributed by atoms with E-state index in [0.29, 0.717) is 35.9 Å². The minimum atomic E-state index is -0.308. The third-order valence-corrected chi connectivity index (χ3v) is 4.16. The molecule has 1 heterocycles. The van der Waals surface area contributed by atoms with Gasteiger partial charge in [0.2, 0.25) is 0 Å². The summed E-state index contributed by atoms with van der Waals surface area (Å²) in [5.41, 5.74) is 1.97. The van der Waals surface area contributed by atoms with Crippen molar-refractivity contribution in [3.8, 4) is 17.1 Å². The van der Waals surface area contributed by atoms with Gasteiger partial charge >= 0.3 is 0 Å². The summed E-state index contributed by atoms with van der Waals surface area (Å²) in [5.74, 6) is 0.857. The first-order chi connectivity index (χ1) is 13.1. The summed E-state index contributed by atoms with van der Waals surface area (Å²) in [5, 5.41) is 4.06. The van der Waals surface area contributed by atoms with Crippen LogP contribution in [0.5, 0.6) is 5.75 Å². The monoisotopic (exact) mass is 368 g/mol. The standard InChI is InChI=1S/C21H21FN2O3/c1-3-12-24(21(25)16-6-10-19(26-2)11-7-16)14-18-13-20(27-23-18)15-4-8-17(22)9-5-15/h4-11,13H,3,12,14H2,1-2H3. The van der Waals surface area contributed by atoms with Crippen LogP contribution in [0.25, 0.3) is 11.3 Å². The van der Waals surface area contributed by atoms with Crippen LogP contribution in [-0.4, -0.2) is 29.6 Å². The fourth-order valence-electron chi connectivity index (χ4n) is 2.77. The van der Waals surface area contributed by atoms with E-state index in [0.717, 1.165) is 12.0 Å². The Morgan fingerprint density at radius 1 is 1.15 bits per heavy atom. The molecule has 2 aromatic carbocycles. The molecule has 5 nitrogen and oxygen atoms in total. The molecule has 0 atom stereocenters. The number of halogens is 1. The van der Waals surface area contributed by atoms with Gasteiger partial charge in [-0.15, -0.1) is 0 Å². The Morgan fingerprint density at radius 2 is 1.85 bits per heavy atom. The van der Waals surface area contributed by atoms with Crippen molar-refractivity contribution in [1.29, 1.82) is 0 Å². The molecule has 0 aliphatic rings. The number of amides is 1. The van der Waals surface area contributed by atoms with Gasteiger partial charge in [-0.3, -0.25) is 4.79 Å². The third-order valence-electron chi connectivity index (χ3n) is 4.16. The van der Waals surface area contributed by atoms with E-state index in [1.54, 1.807) is 54.5 Å². The van der Waals surface area contributed by atoms with Crippen LogP contribution in [0, 0.1) is 5.82 Å². The van der Waals surface area contributed by atoms with Gasteiger partial charge in [0.25, 0.3) is 5.91 Å². The van der Waals surface area contributed by atoms with Gasteiger partial charge < -0.3 is 14.2 Å². The summed E-state index contributed by atoms with van der Waals surface area (Å²) < 4.78 is 23.6. The molecule has 0 fully saturated rings. The molecule has 3 aromatic rings. The molecule has 0 saturated carbocycles. The van der Waals surface area contributed by atoms with Crippen LogP contribution in [0.3, 0.4) is 0 Å². The molecule has 140 valence electrons. The molecular formula is C21H21FN2O3. The maximum absolute atomic E-state index is 13.1. The van der Waals surface area contributed by atoms with Gasteiger partial charge in [-0.2, -0.15) is 0 Å². The Balaban J connectivity index is 1.75. The summed E-state index contributed by atoms with van der Waals surface area (Å²) in [6, 6.07) is 14.8. The second-order valence-electron chi connectivity index (χ2n) is 6.14. The number of nitrogens with zero attached hydrogens (tertiary/aromatic N) is 2. The molecule has 1 amide bonds. The highest BCUT2D eigenvalue weighted by atomic mass is 19.1. The maximum atomic E-state index is 13.1. The number of rotatable bonds is 7. The number of benzene rings is 2. The minimum absolute atomic E-state index is 0.0779. The lowest BCUT2D eigenvalue weighted by molar-refractivity contribution is 0.0739. The van der Waals surface area contributed by atoms with Crippen molar-refractivity contribution in [3.63, 3.8) is 0 Å². The van der Waals surface area contributed by atoms with E-state index in [4.69, 9.17) is 9.26 Å². The van der Waals surface area contributed by atoms with Crippen molar-refractivity contribution in [2.75, 3.05) is 13.7 Å². The summed E-state index contributed by atoms with van der Waals surface area (Å²) in [7, 11) is 1.59. The average Bonchev–Trinajstić information content (AvgIpc) is 3.16. The van der Waals surface area contributed by atoms with Gasteiger partial charge in [0.15, 0.2) is 5.76 Å². The van der Waals surface area contributed by atoms with Gasteiger partial charge in [-0.1, -0.05) is 12.1 Å². The smallest absolute Gasteiger partial charge is 0.254 e. The van der Waals surface area contributed by atoms with Gasteiger partial charge in [-0.25, -0.2) is 4.39 Å². The molecule has 0 N–H and O–H groups in total. The van der Waals surface area contributed by atoms with Crippen LogP contribution in [0.1, 0.15) is 29.4 Å². The number of aromatic nitrogens is 1. The summed E-state index contributed by atoms with van der Waals surface area (Å²) >= 11 is 0. The highest BCUT2D eigenvalue weighted by Gasteiger charge is 2.18. The zero-order chi connectivity index (χ0) is 19.2. The van der Waals surface area contributed by atoms with Crippen molar-refractivity contribution in [1.82, 2.24) is 10.1 Å². The van der Waals surface area contributed by atoms with Crippen molar-refractivity contribution in [3.05, 3.63) is 71.7 Å². The first-order valence-corrected chi connectivity index (χ1v) is 8.75. The highest BCUT2D eigenvalue weighted by Crippen LogP contribution is 2.22. The molecule has 0 spiro atoms. The van der Waals surface area contributed by atoms with Crippen LogP contribution >= 0.6 is 0 Å². The van der Waals surface area contributed by atoms with Crippen molar-refractivity contribution < 1.29 is 18.4 Å². The maximum Gasteiger partial charge on any atom is 0.254 e. The Kier molecular flexibility index (Phi) is 5.86. The van der Waals surface area contributed by atoms with E-state index in [1.165, 1.54) is 12.1 Å². The number of methoxy groups -OCH3 is 1. The van der Waals surface area contributed by atoms with Crippen molar-refractivity contribution in [2.45, 2.75) is 19.9 Å². The SMILES string of the molecule is CCCN(Cc1cc(-c2ccc(F)cc2)on1)C(=O)c1ccc(OC)cc1. The van der Waals surface area contributed by atoms with E-state index in [9.17, 15) is 9.18 Å². The molecule has 0 radical (unpaired) electrons. The molecule has 0 aliphatic carbocycles. The van der Waals surface area contributed by atoms with Crippen LogP contribution < -0.4 is 4.74 Å². The Bertz CT molecular complexity index is 889. The zero-order valence-electron chi connectivity index (χ0n) is 15.3. The zero-order valence-corrected chi connectivity index (χ0v) is 15.3. The lowest BCUT2D eigenvalue weighted by atomic mass is 10.1. The topological polar surface area (TPSA) is 55.6 Å². The number of carbonyl (C=O) groups is 1. The number of carbonyl (C=O) groups excluding carboxylic acids is 1. The van der Waals surface area contributed by atoms with Crippen LogP contribution in [0.2, 0.25) is 0 Å². The van der Waals surface area contributed by atoms with E-state index < -0.39 is 0 Å². The third kappa shape index (κ3) is 4.53. The lowest BCUT2D eigenvalue weighted by Gasteiger charge is -2.21. The largest absolute Gasteiger partial charge is 0.497 e. The number of hydrogen-bond acceptors (Lipinski definition) is 4. The number of hydrogen-bond donors (Lipinski definition) is 0. The minimum Gasteiger partial charge on any atom is -0.497 e. The lowest BCUT2D eigenvalue weighted by Crippen LogP contribution is -2.31. The molecular weight excluding hydrogens is 347 g/mol. The Morgan fingerprint density at radius 3 is 2.48 bits per heavy atom. The predicted octanol–water partition coefficient (Wildman–Crippen LogP) is 4.54. The van der Waals surface area contributed by atoms with Gasteiger partial charge in [0.1, 0.15) is 17.3 Å². The summed E-state index contributed by atoms with van der Waals surface area (Å²) in [4.78, 5) is 14.6. The molecule has 0 saturated heterocycles. The van der Waals surface area contributed by atoms with Crippen LogP contribution in [-0.2, 0) is 6.54 Å². The highest BCUT2D eigenvalue weighted by molar-refractivity contribution is 5.94. The van der Waals surface area contributed by atoms with Crippen molar-refractivity contribution >= 4 is 5.91 Å². The van der Waals surface area contributed by atoms with E-state index in [-0.39, 0.29) is 11.7 Å². The normalized spacial score (nSPS) is 10.6. The van der Waals surface area contributed by atoms with Gasteiger partial charge in [0.05, 0.1) is 13.7 Å². The summed E-state index contributed by atoms with van der Waals surface area (Å²) in [6.07, 6.45) is 0.824. The van der Waals surface area contributed by atoms with Gasteiger partial charge in [0, 0.05) is 23.7 Å². The van der Waals surface area contributed by atoms with Crippen molar-refractivity contribution in [2.24, 2.45) is 0 Å². The molecule has 0 unspecified atom stereocenters. The first kappa shape index (κ1) is 18.6. The fraction of sp³-hybridized carbons (Fsp3) is 0.238. The fourth-order valence-corrected chi connectivity index (χ4v) is 2.77. The summed E-state index contributed by atoms with van der Waals surface area (Å²) in [6.45, 7) is 2.95. The van der Waals surface area contributed by atoms with E-state index in [2.05, 4.69) is 5.16 Å². The van der Waals surface area contributed by atoms with Crippen LogP contribution in [0.15, 0.2) is 59.1 Å². The van der Waals surface area contributed by atoms with Gasteiger partial charge in [-0.05, 0) is 55.0 Å². The van der Waals surface area contributed by atoms with E-state index >= 15 is 0 Å². The average molecular weight is 368 g/mol. The first-order valence-electron chi connectivity index (χ1n) is 8.75.